The van der Waals surface area contributed by atoms with Gasteiger partial charge in [0.1, 0.15) is 0 Å². The minimum Gasteiger partial charge on any atom is -0.416 e. The Morgan fingerprint density at radius 2 is 2.28 bits per heavy atom. The Morgan fingerprint density at radius 1 is 1.44 bits per heavy atom. The van der Waals surface area contributed by atoms with Gasteiger partial charge in [0.2, 0.25) is 5.89 Å². The molecule has 5 nitrogen and oxygen atoms in total. The van der Waals surface area contributed by atoms with Gasteiger partial charge in [-0.1, -0.05) is 24.8 Å². The smallest absolute Gasteiger partial charge is 0.277 e. The second-order valence-corrected chi connectivity index (χ2v) is 5.08. The predicted octanol–water partition coefficient (Wildman–Crippen LogP) is 2.34. The molecule has 0 amide bonds. The highest BCUT2D eigenvalue weighted by Gasteiger charge is 2.22. The van der Waals surface area contributed by atoms with Gasteiger partial charge in [0.15, 0.2) is 0 Å². The van der Waals surface area contributed by atoms with E-state index in [-0.39, 0.29) is 11.3 Å². The van der Waals surface area contributed by atoms with Crippen LogP contribution < -0.4 is 5.73 Å². The van der Waals surface area contributed by atoms with Gasteiger partial charge in [-0.25, -0.2) is 0 Å². The Labute approximate surface area is 110 Å². The molecule has 2 N–H and O–H groups in total. The molecular formula is C12H16N4OS. The van der Waals surface area contributed by atoms with Crippen LogP contribution in [0.2, 0.25) is 0 Å². The van der Waals surface area contributed by atoms with Gasteiger partial charge in [0, 0.05) is 25.4 Å². The molecule has 0 aliphatic rings. The van der Waals surface area contributed by atoms with Crippen LogP contribution in [0.3, 0.4) is 0 Å². The van der Waals surface area contributed by atoms with Gasteiger partial charge in [0.25, 0.3) is 5.22 Å². The molecule has 18 heavy (non-hydrogen) atoms. The van der Waals surface area contributed by atoms with Crippen molar-refractivity contribution in [2.45, 2.75) is 36.8 Å². The summed E-state index contributed by atoms with van der Waals surface area (Å²) < 4.78 is 5.39. The van der Waals surface area contributed by atoms with Gasteiger partial charge in [-0.2, -0.15) is 0 Å². The van der Waals surface area contributed by atoms with E-state index in [0.717, 1.165) is 12.0 Å². The first-order valence-electron chi connectivity index (χ1n) is 5.83. The molecule has 2 rings (SSSR count). The van der Waals surface area contributed by atoms with E-state index in [1.165, 1.54) is 11.8 Å². The summed E-state index contributed by atoms with van der Waals surface area (Å²) in [6, 6.07) is 3.94. The van der Waals surface area contributed by atoms with Crippen LogP contribution in [0.15, 0.2) is 34.2 Å². The lowest BCUT2D eigenvalue weighted by Crippen LogP contribution is -2.25. The Kier molecular flexibility index (Phi) is 4.33. The van der Waals surface area contributed by atoms with E-state index < -0.39 is 0 Å². The van der Waals surface area contributed by atoms with Crippen molar-refractivity contribution in [3.8, 4) is 0 Å². The maximum Gasteiger partial charge on any atom is 0.277 e. The second-order valence-electron chi connectivity index (χ2n) is 3.98. The molecule has 0 fully saturated rings. The summed E-state index contributed by atoms with van der Waals surface area (Å²) in [7, 11) is 0. The fourth-order valence-electron chi connectivity index (χ4n) is 1.60. The molecule has 2 atom stereocenters. The van der Waals surface area contributed by atoms with E-state index in [1.807, 2.05) is 18.3 Å². The number of thioether (sulfide) groups is 1. The highest BCUT2D eigenvalue weighted by molar-refractivity contribution is 7.99. The lowest BCUT2D eigenvalue weighted by molar-refractivity contribution is 0.427. The average Bonchev–Trinajstić information content (AvgIpc) is 2.82. The van der Waals surface area contributed by atoms with Crippen LogP contribution in [-0.2, 0) is 0 Å². The van der Waals surface area contributed by atoms with Crippen LogP contribution in [0.4, 0.5) is 0 Å². The summed E-state index contributed by atoms with van der Waals surface area (Å²) in [4.78, 5) is 4.13. The third-order valence-electron chi connectivity index (χ3n) is 2.61. The molecule has 6 heteroatoms. The van der Waals surface area contributed by atoms with E-state index in [4.69, 9.17) is 10.2 Å². The molecule has 0 aromatic carbocycles. The number of aromatic nitrogens is 3. The Balaban J connectivity index is 2.21. The van der Waals surface area contributed by atoms with Gasteiger partial charge in [-0.15, -0.1) is 10.2 Å². The van der Waals surface area contributed by atoms with Crippen molar-refractivity contribution < 1.29 is 4.42 Å². The molecule has 0 radical (unpaired) electrons. The number of aryl methyl sites for hydroxylation is 1. The second kappa shape index (κ2) is 5.97. The van der Waals surface area contributed by atoms with Crippen LogP contribution in [0, 0.1) is 6.92 Å². The number of nitrogens with zero attached hydrogens (tertiary/aromatic N) is 3. The molecular weight excluding hydrogens is 248 g/mol. The lowest BCUT2D eigenvalue weighted by atomic mass is 10.1. The van der Waals surface area contributed by atoms with Crippen molar-refractivity contribution in [1.82, 2.24) is 15.2 Å². The molecule has 2 heterocycles. The number of hydrogen-bond donors (Lipinski definition) is 1. The van der Waals surface area contributed by atoms with Crippen LogP contribution in [0.25, 0.3) is 0 Å². The molecule has 96 valence electrons. The molecule has 0 bridgehead atoms. The van der Waals surface area contributed by atoms with Crippen molar-refractivity contribution in [2.75, 3.05) is 0 Å². The first-order valence-corrected chi connectivity index (χ1v) is 6.71. The Morgan fingerprint density at radius 3 is 2.83 bits per heavy atom. The van der Waals surface area contributed by atoms with Crippen LogP contribution in [0.1, 0.15) is 30.0 Å². The van der Waals surface area contributed by atoms with Gasteiger partial charge < -0.3 is 10.2 Å². The SMILES string of the molecule is CCC(N)C(Sc1nnc(C)o1)c1cccnc1. The predicted molar refractivity (Wildman–Crippen MR) is 70.1 cm³/mol. The third-order valence-corrected chi connectivity index (χ3v) is 3.85. The van der Waals surface area contributed by atoms with E-state index in [0.29, 0.717) is 11.1 Å². The van der Waals surface area contributed by atoms with Crippen LogP contribution >= 0.6 is 11.8 Å². The maximum absolute atomic E-state index is 6.17. The molecule has 0 spiro atoms. The van der Waals surface area contributed by atoms with E-state index in [1.54, 1.807) is 13.1 Å². The summed E-state index contributed by atoms with van der Waals surface area (Å²) in [5.41, 5.74) is 7.24. The van der Waals surface area contributed by atoms with Crippen molar-refractivity contribution in [3.05, 3.63) is 36.0 Å². The van der Waals surface area contributed by atoms with Crippen molar-refractivity contribution in [2.24, 2.45) is 5.73 Å². The average molecular weight is 264 g/mol. The fourth-order valence-corrected chi connectivity index (χ4v) is 2.71. The zero-order valence-electron chi connectivity index (χ0n) is 10.4. The highest BCUT2D eigenvalue weighted by Crippen LogP contribution is 2.36. The summed E-state index contributed by atoms with van der Waals surface area (Å²) in [6.07, 6.45) is 4.45. The van der Waals surface area contributed by atoms with Gasteiger partial charge in [-0.3, -0.25) is 4.98 Å². The molecule has 2 aromatic rings. The Bertz CT molecular complexity index is 488. The maximum atomic E-state index is 6.17. The lowest BCUT2D eigenvalue weighted by Gasteiger charge is -2.20. The first-order chi connectivity index (χ1) is 8.70. The summed E-state index contributed by atoms with van der Waals surface area (Å²) >= 11 is 1.49. The summed E-state index contributed by atoms with van der Waals surface area (Å²) in [6.45, 7) is 3.84. The molecule has 0 aliphatic carbocycles. The highest BCUT2D eigenvalue weighted by atomic mass is 32.2. The quantitative estimate of drug-likeness (QED) is 0.835. The Hall–Kier alpha value is -1.40. The molecule has 2 unspecified atom stereocenters. The normalized spacial score (nSPS) is 14.4. The summed E-state index contributed by atoms with van der Waals surface area (Å²) in [5, 5.41) is 8.44. The largest absolute Gasteiger partial charge is 0.416 e. The van der Waals surface area contributed by atoms with Crippen LogP contribution in [-0.4, -0.2) is 21.2 Å². The van der Waals surface area contributed by atoms with Crippen molar-refractivity contribution in [1.29, 1.82) is 0 Å². The zero-order chi connectivity index (χ0) is 13.0. The van der Waals surface area contributed by atoms with E-state index in [9.17, 15) is 0 Å². The summed E-state index contributed by atoms with van der Waals surface area (Å²) in [5.74, 6) is 0.563. The van der Waals surface area contributed by atoms with Gasteiger partial charge in [0.05, 0.1) is 5.25 Å². The topological polar surface area (TPSA) is 77.8 Å². The minimum atomic E-state index is 0.0198. The number of rotatable bonds is 5. The monoisotopic (exact) mass is 264 g/mol. The third kappa shape index (κ3) is 3.08. The minimum absolute atomic E-state index is 0.0198. The number of nitrogens with two attached hydrogens (primary N) is 1. The molecule has 2 aromatic heterocycles. The molecule has 0 saturated carbocycles. The zero-order valence-corrected chi connectivity index (χ0v) is 11.2. The number of hydrogen-bond acceptors (Lipinski definition) is 6. The molecule has 0 aliphatic heterocycles. The van der Waals surface area contributed by atoms with Crippen molar-refractivity contribution >= 4 is 11.8 Å². The first kappa shape index (κ1) is 13.0. The van der Waals surface area contributed by atoms with Crippen molar-refractivity contribution in [3.63, 3.8) is 0 Å². The van der Waals surface area contributed by atoms with E-state index in [2.05, 4.69) is 22.1 Å². The molecule has 0 saturated heterocycles. The van der Waals surface area contributed by atoms with Crippen LogP contribution in [0.5, 0.6) is 0 Å². The number of pyridine rings is 1. The van der Waals surface area contributed by atoms with Gasteiger partial charge >= 0.3 is 0 Å². The standard InChI is InChI=1S/C12H16N4OS/c1-3-10(13)11(9-5-4-6-14-7-9)18-12-16-15-8(2)17-12/h4-7,10-11H,3,13H2,1-2H3. The van der Waals surface area contributed by atoms with E-state index >= 15 is 0 Å². The van der Waals surface area contributed by atoms with Gasteiger partial charge in [-0.05, 0) is 18.1 Å². The fraction of sp³-hybridized carbons (Fsp3) is 0.417.